The van der Waals surface area contributed by atoms with Crippen LogP contribution in [-0.4, -0.2) is 39.6 Å². The number of nitrogens with one attached hydrogen (secondary N) is 3. The Balaban J connectivity index is 2.55. The highest BCUT2D eigenvalue weighted by atomic mass is 32.2. The Morgan fingerprint density at radius 1 is 1.23 bits per heavy atom. The Morgan fingerprint density at radius 3 is 2.36 bits per heavy atom. The van der Waals surface area contributed by atoms with Crippen molar-refractivity contribution in [2.75, 3.05) is 18.1 Å². The highest BCUT2D eigenvalue weighted by molar-refractivity contribution is 7.98. The lowest BCUT2D eigenvalue weighted by Gasteiger charge is -2.27. The van der Waals surface area contributed by atoms with Gasteiger partial charge in [-0.2, -0.15) is 9.36 Å². The van der Waals surface area contributed by atoms with Crippen molar-refractivity contribution < 1.29 is 9.59 Å². The van der Waals surface area contributed by atoms with Crippen LogP contribution in [0.1, 0.15) is 34.6 Å². The molecule has 9 heteroatoms. The van der Waals surface area contributed by atoms with Gasteiger partial charge in [0.05, 0.1) is 0 Å². The highest BCUT2D eigenvalue weighted by Crippen LogP contribution is 2.17. The number of thioether (sulfide) groups is 1. The average Bonchev–Trinajstić information content (AvgIpc) is 2.81. The fourth-order valence-electron chi connectivity index (χ4n) is 1.38. The predicted molar refractivity (Wildman–Crippen MR) is 90.4 cm³/mol. The zero-order valence-corrected chi connectivity index (χ0v) is 15.4. The van der Waals surface area contributed by atoms with E-state index in [0.717, 1.165) is 11.5 Å². The molecule has 0 fully saturated rings. The first-order valence-electron chi connectivity index (χ1n) is 6.79. The summed E-state index contributed by atoms with van der Waals surface area (Å²) >= 11 is 2.49. The molecule has 3 N–H and O–H groups in total. The molecule has 0 unspecified atom stereocenters. The van der Waals surface area contributed by atoms with Gasteiger partial charge in [0.1, 0.15) is 5.54 Å². The SMILES string of the molecule is CSc1nsc(NC(=O)NC(C)(C)C(=O)NCC(C)(C)C)n1. The van der Waals surface area contributed by atoms with Crippen molar-refractivity contribution in [1.82, 2.24) is 20.0 Å². The number of aromatic nitrogens is 2. The highest BCUT2D eigenvalue weighted by Gasteiger charge is 2.30. The van der Waals surface area contributed by atoms with E-state index < -0.39 is 11.6 Å². The monoisotopic (exact) mass is 345 g/mol. The van der Waals surface area contributed by atoms with Crippen LogP contribution in [0.25, 0.3) is 0 Å². The standard InChI is InChI=1S/C13H23N5O2S2/c1-12(2,3)7-14-8(19)13(4,5)17-9(20)15-10-16-11(21-6)18-22-10/h7H2,1-6H3,(H,14,19)(H2,15,16,17,18,20). The van der Waals surface area contributed by atoms with Crippen LogP contribution in [-0.2, 0) is 4.79 Å². The number of rotatable bonds is 5. The summed E-state index contributed by atoms with van der Waals surface area (Å²) in [4.78, 5) is 28.2. The van der Waals surface area contributed by atoms with Gasteiger partial charge in [0.2, 0.25) is 16.2 Å². The second kappa shape index (κ2) is 7.28. The molecule has 22 heavy (non-hydrogen) atoms. The van der Waals surface area contributed by atoms with E-state index in [4.69, 9.17) is 0 Å². The molecule has 1 rings (SSSR count). The van der Waals surface area contributed by atoms with E-state index in [0.29, 0.717) is 16.8 Å². The van der Waals surface area contributed by atoms with Crippen molar-refractivity contribution in [3.05, 3.63) is 0 Å². The van der Waals surface area contributed by atoms with Gasteiger partial charge in [-0.15, -0.1) is 0 Å². The van der Waals surface area contributed by atoms with Crippen molar-refractivity contribution in [2.24, 2.45) is 5.41 Å². The summed E-state index contributed by atoms with van der Waals surface area (Å²) in [5.74, 6) is -0.236. The molecule has 0 saturated heterocycles. The van der Waals surface area contributed by atoms with Crippen molar-refractivity contribution in [3.8, 4) is 0 Å². The maximum atomic E-state index is 12.2. The molecule has 0 bridgehead atoms. The quantitative estimate of drug-likeness (QED) is 0.712. The Hall–Kier alpha value is -1.35. The van der Waals surface area contributed by atoms with Gasteiger partial charge in [-0.3, -0.25) is 10.1 Å². The minimum atomic E-state index is -1.03. The van der Waals surface area contributed by atoms with Gasteiger partial charge in [-0.1, -0.05) is 32.5 Å². The van der Waals surface area contributed by atoms with E-state index in [9.17, 15) is 9.59 Å². The first kappa shape index (κ1) is 18.7. The normalized spacial score (nSPS) is 11.9. The number of urea groups is 1. The van der Waals surface area contributed by atoms with Gasteiger partial charge in [-0.25, -0.2) is 4.79 Å². The molecule has 124 valence electrons. The third-order valence-electron chi connectivity index (χ3n) is 2.58. The van der Waals surface area contributed by atoms with Gasteiger partial charge in [0, 0.05) is 18.1 Å². The Labute approximate surface area is 139 Å². The number of carbonyl (C=O) groups excluding carboxylic acids is 2. The summed E-state index contributed by atoms with van der Waals surface area (Å²) < 4.78 is 4.05. The Kier molecular flexibility index (Phi) is 6.18. The van der Waals surface area contributed by atoms with Crippen LogP contribution in [0.4, 0.5) is 9.93 Å². The van der Waals surface area contributed by atoms with Crippen LogP contribution in [0.5, 0.6) is 0 Å². The van der Waals surface area contributed by atoms with Gasteiger partial charge >= 0.3 is 6.03 Å². The largest absolute Gasteiger partial charge is 0.354 e. The third kappa shape index (κ3) is 6.18. The first-order chi connectivity index (χ1) is 10.0. The summed E-state index contributed by atoms with van der Waals surface area (Å²) in [6.07, 6.45) is 1.86. The summed E-state index contributed by atoms with van der Waals surface area (Å²) in [5, 5.41) is 9.05. The molecular formula is C13H23N5O2S2. The molecule has 0 atom stereocenters. The van der Waals surface area contributed by atoms with E-state index in [1.54, 1.807) is 13.8 Å². The molecule has 0 radical (unpaired) electrons. The number of anilines is 1. The molecule has 1 aromatic rings. The average molecular weight is 345 g/mol. The maximum absolute atomic E-state index is 12.2. The lowest BCUT2D eigenvalue weighted by Crippen LogP contribution is -2.56. The smallest absolute Gasteiger partial charge is 0.321 e. The summed E-state index contributed by atoms with van der Waals surface area (Å²) in [7, 11) is 0. The summed E-state index contributed by atoms with van der Waals surface area (Å²) in [6.45, 7) is 9.92. The predicted octanol–water partition coefficient (Wildman–Crippen LogP) is 2.32. The van der Waals surface area contributed by atoms with Gasteiger partial charge in [-0.05, 0) is 25.5 Å². The molecule has 7 nitrogen and oxygen atoms in total. The molecule has 0 saturated carbocycles. The molecule has 1 heterocycles. The van der Waals surface area contributed by atoms with Crippen LogP contribution < -0.4 is 16.0 Å². The topological polar surface area (TPSA) is 96.0 Å². The molecule has 1 aromatic heterocycles. The molecule has 0 aromatic carbocycles. The van der Waals surface area contributed by atoms with Crippen LogP contribution in [0.2, 0.25) is 0 Å². The third-order valence-corrected chi connectivity index (χ3v) is 3.88. The second-order valence-electron chi connectivity index (χ2n) is 6.53. The van der Waals surface area contributed by atoms with Crippen LogP contribution >= 0.6 is 23.3 Å². The Morgan fingerprint density at radius 2 is 1.86 bits per heavy atom. The van der Waals surface area contributed by atoms with Crippen LogP contribution in [0.3, 0.4) is 0 Å². The van der Waals surface area contributed by atoms with E-state index in [-0.39, 0.29) is 11.3 Å². The minimum Gasteiger partial charge on any atom is -0.354 e. The number of hydrogen-bond donors (Lipinski definition) is 3. The number of nitrogens with zero attached hydrogens (tertiary/aromatic N) is 2. The molecule has 0 aliphatic heterocycles. The van der Waals surface area contributed by atoms with Crippen molar-refractivity contribution in [3.63, 3.8) is 0 Å². The minimum absolute atomic E-state index is 0.0191. The van der Waals surface area contributed by atoms with Gasteiger partial charge in [0.25, 0.3) is 0 Å². The first-order valence-corrected chi connectivity index (χ1v) is 8.78. The number of carbonyl (C=O) groups is 2. The lowest BCUT2D eigenvalue weighted by molar-refractivity contribution is -0.126. The lowest BCUT2D eigenvalue weighted by atomic mass is 9.96. The van der Waals surface area contributed by atoms with Crippen molar-refractivity contribution in [2.45, 2.75) is 45.3 Å². The van der Waals surface area contributed by atoms with Gasteiger partial charge < -0.3 is 10.6 Å². The molecule has 0 spiro atoms. The zero-order valence-electron chi connectivity index (χ0n) is 13.7. The van der Waals surface area contributed by atoms with E-state index >= 15 is 0 Å². The molecule has 0 aliphatic carbocycles. The fraction of sp³-hybridized carbons (Fsp3) is 0.692. The van der Waals surface area contributed by atoms with Crippen LogP contribution in [0, 0.1) is 5.41 Å². The Bertz CT molecular complexity index is 537. The van der Waals surface area contributed by atoms with Crippen molar-refractivity contribution in [1.29, 1.82) is 0 Å². The summed E-state index contributed by atoms with van der Waals surface area (Å²) in [5.41, 5.74) is -1.04. The number of hydrogen-bond acceptors (Lipinski definition) is 6. The number of amides is 3. The van der Waals surface area contributed by atoms with Gasteiger partial charge in [0.15, 0.2) is 0 Å². The van der Waals surface area contributed by atoms with E-state index in [1.807, 2.05) is 27.0 Å². The fourth-order valence-corrected chi connectivity index (χ4v) is 2.50. The van der Waals surface area contributed by atoms with E-state index in [2.05, 4.69) is 25.3 Å². The van der Waals surface area contributed by atoms with E-state index in [1.165, 1.54) is 11.8 Å². The molecule has 3 amide bonds. The van der Waals surface area contributed by atoms with Crippen LogP contribution in [0.15, 0.2) is 5.16 Å². The molecule has 0 aliphatic rings. The maximum Gasteiger partial charge on any atom is 0.321 e. The molecular weight excluding hydrogens is 322 g/mol. The second-order valence-corrected chi connectivity index (χ2v) is 8.06. The summed E-state index contributed by atoms with van der Waals surface area (Å²) in [6, 6.07) is -0.486. The zero-order chi connectivity index (χ0) is 17.0. The van der Waals surface area contributed by atoms with Crippen molar-refractivity contribution >= 4 is 40.4 Å².